The van der Waals surface area contributed by atoms with E-state index in [0.29, 0.717) is 17.4 Å². The molecule has 3 rings (SSSR count). The van der Waals surface area contributed by atoms with Crippen LogP contribution in [0, 0.1) is 12.3 Å². The van der Waals surface area contributed by atoms with Gasteiger partial charge in [0.1, 0.15) is 0 Å². The molecule has 0 spiro atoms. The summed E-state index contributed by atoms with van der Waals surface area (Å²) >= 11 is 0. The molecule has 2 N–H and O–H groups in total. The van der Waals surface area contributed by atoms with Gasteiger partial charge in [0, 0.05) is 6.04 Å². The van der Waals surface area contributed by atoms with Crippen LogP contribution in [0.2, 0.25) is 0 Å². The summed E-state index contributed by atoms with van der Waals surface area (Å²) in [7, 11) is 0. The average molecular weight is 257 g/mol. The second-order valence-electron chi connectivity index (χ2n) is 6.58. The van der Waals surface area contributed by atoms with Gasteiger partial charge in [0.05, 0.1) is 11.0 Å². The topological polar surface area (TPSA) is 43.8 Å². The van der Waals surface area contributed by atoms with E-state index in [2.05, 4.69) is 48.5 Å². The molecule has 0 saturated heterocycles. The van der Waals surface area contributed by atoms with E-state index in [0.717, 1.165) is 5.52 Å². The molecule has 1 heterocycles. The van der Waals surface area contributed by atoms with Crippen molar-refractivity contribution in [3.8, 4) is 0 Å². The van der Waals surface area contributed by atoms with Crippen molar-refractivity contribution in [3.63, 3.8) is 0 Å². The zero-order valence-corrected chi connectivity index (χ0v) is 12.1. The number of aryl methyl sites for hydroxylation is 1. The van der Waals surface area contributed by atoms with Crippen molar-refractivity contribution in [2.45, 2.75) is 52.5 Å². The van der Waals surface area contributed by atoms with Gasteiger partial charge in [0.25, 0.3) is 0 Å². The third-order valence-corrected chi connectivity index (χ3v) is 4.63. The molecule has 19 heavy (non-hydrogen) atoms. The lowest BCUT2D eigenvalue weighted by atomic mass is 9.73. The SMILES string of the molecule is Cc1ccc2c(c1)nc(N)n2C1CCCCC1(C)C. The van der Waals surface area contributed by atoms with Crippen molar-refractivity contribution in [1.29, 1.82) is 0 Å². The number of aromatic nitrogens is 2. The van der Waals surface area contributed by atoms with Gasteiger partial charge in [-0.3, -0.25) is 0 Å². The highest BCUT2D eigenvalue weighted by Crippen LogP contribution is 2.45. The Hall–Kier alpha value is -1.51. The number of hydrogen-bond acceptors (Lipinski definition) is 2. The number of benzene rings is 1. The fraction of sp³-hybridized carbons (Fsp3) is 0.562. The number of nitrogens with two attached hydrogens (primary N) is 1. The second kappa shape index (κ2) is 4.26. The molecule has 0 radical (unpaired) electrons. The highest BCUT2D eigenvalue weighted by Gasteiger charge is 2.35. The van der Waals surface area contributed by atoms with Gasteiger partial charge in [0.2, 0.25) is 5.95 Å². The third-order valence-electron chi connectivity index (χ3n) is 4.63. The van der Waals surface area contributed by atoms with Crippen molar-refractivity contribution in [2.24, 2.45) is 5.41 Å². The minimum Gasteiger partial charge on any atom is -0.369 e. The summed E-state index contributed by atoms with van der Waals surface area (Å²) in [5, 5.41) is 0. The number of hydrogen-bond donors (Lipinski definition) is 1. The van der Waals surface area contributed by atoms with E-state index in [4.69, 9.17) is 5.73 Å². The van der Waals surface area contributed by atoms with Crippen molar-refractivity contribution >= 4 is 17.0 Å². The summed E-state index contributed by atoms with van der Waals surface area (Å²) in [6, 6.07) is 6.90. The molecule has 0 bridgehead atoms. The van der Waals surface area contributed by atoms with Gasteiger partial charge in [-0.1, -0.05) is 32.8 Å². The summed E-state index contributed by atoms with van der Waals surface area (Å²) in [5.74, 6) is 0.667. The Labute approximate surface area is 114 Å². The number of fused-ring (bicyclic) bond motifs is 1. The minimum atomic E-state index is 0.297. The zero-order chi connectivity index (χ0) is 13.6. The summed E-state index contributed by atoms with van der Waals surface area (Å²) in [5.41, 5.74) is 9.95. The number of rotatable bonds is 1. The second-order valence-corrected chi connectivity index (χ2v) is 6.58. The first kappa shape index (κ1) is 12.5. The minimum absolute atomic E-state index is 0.297. The summed E-state index contributed by atoms with van der Waals surface area (Å²) < 4.78 is 2.27. The van der Waals surface area contributed by atoms with E-state index >= 15 is 0 Å². The molecule has 1 aliphatic carbocycles. The van der Waals surface area contributed by atoms with Gasteiger partial charge >= 0.3 is 0 Å². The maximum absolute atomic E-state index is 6.21. The summed E-state index contributed by atoms with van der Waals surface area (Å²) in [6.07, 6.45) is 5.09. The van der Waals surface area contributed by atoms with Crippen LogP contribution >= 0.6 is 0 Å². The molecular weight excluding hydrogens is 234 g/mol. The lowest BCUT2D eigenvalue weighted by Crippen LogP contribution is -2.31. The monoisotopic (exact) mass is 257 g/mol. The first-order chi connectivity index (χ1) is 8.99. The van der Waals surface area contributed by atoms with E-state index < -0.39 is 0 Å². The van der Waals surface area contributed by atoms with Gasteiger partial charge in [0.15, 0.2) is 0 Å². The number of nitrogen functional groups attached to an aromatic ring is 1. The Morgan fingerprint density at radius 2 is 2.11 bits per heavy atom. The molecule has 1 saturated carbocycles. The summed E-state index contributed by atoms with van der Waals surface area (Å²) in [6.45, 7) is 6.81. The number of imidazole rings is 1. The van der Waals surface area contributed by atoms with E-state index in [1.807, 2.05) is 0 Å². The standard InChI is InChI=1S/C16H23N3/c1-11-7-8-13-12(10-11)18-15(17)19(13)14-6-4-5-9-16(14,2)3/h7-8,10,14H,4-6,9H2,1-3H3,(H2,17,18). The van der Waals surface area contributed by atoms with Gasteiger partial charge in [-0.2, -0.15) is 0 Å². The first-order valence-corrected chi connectivity index (χ1v) is 7.23. The highest BCUT2D eigenvalue weighted by atomic mass is 15.2. The molecule has 1 aromatic carbocycles. The molecule has 1 aromatic heterocycles. The normalized spacial score (nSPS) is 22.8. The first-order valence-electron chi connectivity index (χ1n) is 7.23. The Morgan fingerprint density at radius 1 is 1.32 bits per heavy atom. The smallest absolute Gasteiger partial charge is 0.201 e. The van der Waals surface area contributed by atoms with Gasteiger partial charge in [-0.25, -0.2) is 4.98 Å². The largest absolute Gasteiger partial charge is 0.369 e. The van der Waals surface area contributed by atoms with E-state index in [1.165, 1.54) is 36.8 Å². The van der Waals surface area contributed by atoms with Crippen LogP contribution < -0.4 is 5.73 Å². The molecule has 2 aromatic rings. The Morgan fingerprint density at radius 3 is 2.84 bits per heavy atom. The van der Waals surface area contributed by atoms with Crippen LogP contribution in [-0.2, 0) is 0 Å². The van der Waals surface area contributed by atoms with Crippen LogP contribution in [0.4, 0.5) is 5.95 Å². The van der Waals surface area contributed by atoms with Crippen molar-refractivity contribution in [2.75, 3.05) is 5.73 Å². The molecule has 1 atom stereocenters. The molecule has 0 aliphatic heterocycles. The molecule has 1 aliphatic rings. The van der Waals surface area contributed by atoms with Crippen LogP contribution in [0.5, 0.6) is 0 Å². The van der Waals surface area contributed by atoms with Crippen LogP contribution in [0.15, 0.2) is 18.2 Å². The van der Waals surface area contributed by atoms with Crippen molar-refractivity contribution < 1.29 is 0 Å². The molecule has 0 amide bonds. The maximum Gasteiger partial charge on any atom is 0.201 e. The van der Waals surface area contributed by atoms with E-state index in [9.17, 15) is 0 Å². The lowest BCUT2D eigenvalue weighted by molar-refractivity contribution is 0.149. The maximum atomic E-state index is 6.21. The summed E-state index contributed by atoms with van der Waals surface area (Å²) in [4.78, 5) is 4.56. The molecule has 102 valence electrons. The van der Waals surface area contributed by atoms with Crippen LogP contribution in [0.3, 0.4) is 0 Å². The van der Waals surface area contributed by atoms with Crippen molar-refractivity contribution in [3.05, 3.63) is 23.8 Å². The zero-order valence-electron chi connectivity index (χ0n) is 12.1. The number of anilines is 1. The Balaban J connectivity index is 2.16. The van der Waals surface area contributed by atoms with E-state index in [-0.39, 0.29) is 0 Å². The van der Waals surface area contributed by atoms with Crippen LogP contribution in [-0.4, -0.2) is 9.55 Å². The van der Waals surface area contributed by atoms with Crippen LogP contribution in [0.25, 0.3) is 11.0 Å². The van der Waals surface area contributed by atoms with Gasteiger partial charge in [-0.15, -0.1) is 0 Å². The lowest BCUT2D eigenvalue weighted by Gasteiger charge is -2.40. The predicted molar refractivity (Wildman–Crippen MR) is 80.2 cm³/mol. The van der Waals surface area contributed by atoms with Gasteiger partial charge < -0.3 is 10.3 Å². The van der Waals surface area contributed by atoms with E-state index in [1.54, 1.807) is 0 Å². The molecule has 1 unspecified atom stereocenters. The Kier molecular flexibility index (Phi) is 2.80. The van der Waals surface area contributed by atoms with Crippen LogP contribution in [0.1, 0.15) is 51.1 Å². The van der Waals surface area contributed by atoms with Gasteiger partial charge in [-0.05, 0) is 42.9 Å². The average Bonchev–Trinajstić information content (AvgIpc) is 2.64. The number of nitrogens with zero attached hydrogens (tertiary/aromatic N) is 2. The molecule has 3 nitrogen and oxygen atoms in total. The third kappa shape index (κ3) is 2.01. The fourth-order valence-corrected chi connectivity index (χ4v) is 3.51. The Bertz CT molecular complexity index is 610. The molecule has 3 heteroatoms. The quantitative estimate of drug-likeness (QED) is 0.837. The fourth-order valence-electron chi connectivity index (χ4n) is 3.51. The molecule has 1 fully saturated rings. The van der Waals surface area contributed by atoms with Crippen molar-refractivity contribution in [1.82, 2.24) is 9.55 Å². The molecular formula is C16H23N3. The highest BCUT2D eigenvalue weighted by molar-refractivity contribution is 5.79. The predicted octanol–water partition coefficient (Wildman–Crippen LogP) is 4.07.